The highest BCUT2D eigenvalue weighted by molar-refractivity contribution is 9.10. The highest BCUT2D eigenvalue weighted by Gasteiger charge is 2.38. The third kappa shape index (κ3) is 2.26. The maximum atomic E-state index is 13.0. The van der Waals surface area contributed by atoms with Crippen LogP contribution in [-0.4, -0.2) is 22.6 Å². The van der Waals surface area contributed by atoms with Crippen molar-refractivity contribution in [3.05, 3.63) is 28.5 Å². The predicted octanol–water partition coefficient (Wildman–Crippen LogP) is 1.47. The molecule has 1 atom stereocenters. The van der Waals surface area contributed by atoms with Gasteiger partial charge >= 0.3 is 0 Å². The fourth-order valence-corrected chi connectivity index (χ4v) is 1.45. The predicted molar refractivity (Wildman–Crippen MR) is 50.9 cm³/mol. The normalized spacial score (nSPS) is 14.1. The molecule has 1 heterocycles. The van der Waals surface area contributed by atoms with E-state index in [9.17, 15) is 8.78 Å². The number of halogens is 3. The zero-order valence-corrected chi connectivity index (χ0v) is 8.71. The van der Waals surface area contributed by atoms with E-state index in [4.69, 9.17) is 10.8 Å². The molecule has 0 amide bonds. The van der Waals surface area contributed by atoms with Gasteiger partial charge in [-0.3, -0.25) is 0 Å². The van der Waals surface area contributed by atoms with Crippen molar-refractivity contribution in [2.24, 2.45) is 5.73 Å². The van der Waals surface area contributed by atoms with Crippen molar-refractivity contribution in [2.45, 2.75) is 12.0 Å². The Balaban J connectivity index is 3.00. The second-order valence-electron chi connectivity index (χ2n) is 2.78. The standard InChI is InChI=1S/C8H9BrF2N2O/c9-7-5(2-1-3-13-7)6(12)8(10,11)4-14/h1-3,6,14H,4,12H2/t6-/m0/s1. The summed E-state index contributed by atoms with van der Waals surface area (Å²) in [7, 11) is 0. The minimum Gasteiger partial charge on any atom is -0.390 e. The van der Waals surface area contributed by atoms with Gasteiger partial charge in [0, 0.05) is 11.8 Å². The van der Waals surface area contributed by atoms with Crippen LogP contribution >= 0.6 is 15.9 Å². The molecular weight excluding hydrogens is 258 g/mol. The first-order valence-electron chi connectivity index (χ1n) is 3.83. The van der Waals surface area contributed by atoms with Gasteiger partial charge in [0.05, 0.1) is 6.04 Å². The lowest BCUT2D eigenvalue weighted by molar-refractivity contribution is -0.0714. The molecule has 0 aliphatic rings. The minimum absolute atomic E-state index is 0.173. The molecule has 6 heteroatoms. The molecule has 0 radical (unpaired) electrons. The number of hydrogen-bond acceptors (Lipinski definition) is 3. The van der Waals surface area contributed by atoms with E-state index in [1.807, 2.05) is 0 Å². The number of aliphatic hydroxyl groups is 1. The molecular formula is C8H9BrF2N2O. The Morgan fingerprint density at radius 2 is 2.29 bits per heavy atom. The zero-order chi connectivity index (χ0) is 10.8. The summed E-state index contributed by atoms with van der Waals surface area (Å²) >= 11 is 3.01. The van der Waals surface area contributed by atoms with Gasteiger partial charge in [-0.25, -0.2) is 13.8 Å². The van der Waals surface area contributed by atoms with Crippen molar-refractivity contribution in [1.29, 1.82) is 0 Å². The molecule has 0 saturated carbocycles. The summed E-state index contributed by atoms with van der Waals surface area (Å²) < 4.78 is 26.2. The first-order valence-corrected chi connectivity index (χ1v) is 4.63. The maximum absolute atomic E-state index is 13.0. The van der Waals surface area contributed by atoms with Crippen LogP contribution < -0.4 is 5.73 Å². The lowest BCUT2D eigenvalue weighted by Gasteiger charge is -2.21. The molecule has 0 bridgehead atoms. The summed E-state index contributed by atoms with van der Waals surface area (Å²) in [5.74, 6) is -3.34. The van der Waals surface area contributed by atoms with E-state index >= 15 is 0 Å². The van der Waals surface area contributed by atoms with Gasteiger partial charge in [-0.2, -0.15) is 0 Å². The van der Waals surface area contributed by atoms with Crippen molar-refractivity contribution in [3.8, 4) is 0 Å². The lowest BCUT2D eigenvalue weighted by atomic mass is 10.0. The third-order valence-electron chi connectivity index (χ3n) is 1.79. The molecule has 14 heavy (non-hydrogen) atoms. The van der Waals surface area contributed by atoms with E-state index in [1.165, 1.54) is 18.3 Å². The van der Waals surface area contributed by atoms with Crippen LogP contribution in [0.25, 0.3) is 0 Å². The molecule has 1 aromatic heterocycles. The molecule has 1 rings (SSSR count). The second kappa shape index (κ2) is 4.29. The molecule has 3 N–H and O–H groups in total. The molecule has 0 fully saturated rings. The van der Waals surface area contributed by atoms with E-state index in [0.717, 1.165) is 0 Å². The number of rotatable bonds is 3. The van der Waals surface area contributed by atoms with Crippen molar-refractivity contribution in [2.75, 3.05) is 6.61 Å². The van der Waals surface area contributed by atoms with Crippen LogP contribution in [0.5, 0.6) is 0 Å². The van der Waals surface area contributed by atoms with Crippen LogP contribution in [0.2, 0.25) is 0 Å². The molecule has 78 valence electrons. The number of aromatic nitrogens is 1. The molecule has 3 nitrogen and oxygen atoms in total. The number of pyridine rings is 1. The summed E-state index contributed by atoms with van der Waals surface area (Å²) in [6.07, 6.45) is 1.46. The summed E-state index contributed by atoms with van der Waals surface area (Å²) in [5, 5.41) is 8.45. The monoisotopic (exact) mass is 266 g/mol. The van der Waals surface area contributed by atoms with Crippen LogP contribution in [0, 0.1) is 0 Å². The van der Waals surface area contributed by atoms with Crippen LogP contribution in [0.3, 0.4) is 0 Å². The average molecular weight is 267 g/mol. The summed E-state index contributed by atoms with van der Waals surface area (Å²) in [6.45, 7) is -1.28. The molecule has 0 saturated heterocycles. The van der Waals surface area contributed by atoms with Gasteiger partial charge < -0.3 is 10.8 Å². The van der Waals surface area contributed by atoms with E-state index in [1.54, 1.807) is 0 Å². The van der Waals surface area contributed by atoms with Crippen molar-refractivity contribution in [1.82, 2.24) is 4.98 Å². The van der Waals surface area contributed by atoms with Gasteiger partial charge in [-0.05, 0) is 22.0 Å². The number of nitrogens with zero attached hydrogens (tertiary/aromatic N) is 1. The molecule has 0 aliphatic carbocycles. The quantitative estimate of drug-likeness (QED) is 0.815. The minimum atomic E-state index is -3.34. The number of alkyl halides is 2. The molecule has 0 aromatic carbocycles. The first kappa shape index (κ1) is 11.5. The van der Waals surface area contributed by atoms with E-state index < -0.39 is 18.6 Å². The lowest BCUT2D eigenvalue weighted by Crippen LogP contribution is -2.36. The number of nitrogens with two attached hydrogens (primary N) is 1. The molecule has 1 aromatic rings. The topological polar surface area (TPSA) is 59.1 Å². The molecule has 0 aliphatic heterocycles. The van der Waals surface area contributed by atoms with E-state index in [0.29, 0.717) is 0 Å². The summed E-state index contributed by atoms with van der Waals surface area (Å²) in [5.41, 5.74) is 5.48. The van der Waals surface area contributed by atoms with Gasteiger partial charge in [-0.1, -0.05) is 6.07 Å². The molecule has 0 unspecified atom stereocenters. The Bertz CT molecular complexity index is 322. The average Bonchev–Trinajstić information content (AvgIpc) is 2.17. The Kier molecular flexibility index (Phi) is 3.52. The highest BCUT2D eigenvalue weighted by Crippen LogP contribution is 2.31. The van der Waals surface area contributed by atoms with Gasteiger partial charge in [0.25, 0.3) is 5.92 Å². The summed E-state index contributed by atoms with van der Waals surface area (Å²) in [6, 6.07) is 1.38. The van der Waals surface area contributed by atoms with Crippen molar-refractivity contribution >= 4 is 15.9 Å². The SMILES string of the molecule is N[C@@H](c1cccnc1Br)C(F)(F)CO. The van der Waals surface area contributed by atoms with Crippen LogP contribution in [0.1, 0.15) is 11.6 Å². The summed E-state index contributed by atoms with van der Waals surface area (Å²) in [4.78, 5) is 3.77. The van der Waals surface area contributed by atoms with Crippen molar-refractivity contribution in [3.63, 3.8) is 0 Å². The van der Waals surface area contributed by atoms with Gasteiger partial charge in [0.15, 0.2) is 0 Å². The van der Waals surface area contributed by atoms with Crippen LogP contribution in [0.4, 0.5) is 8.78 Å². The number of aliphatic hydroxyl groups excluding tert-OH is 1. The highest BCUT2D eigenvalue weighted by atomic mass is 79.9. The molecule has 0 spiro atoms. The fraction of sp³-hybridized carbons (Fsp3) is 0.375. The van der Waals surface area contributed by atoms with Crippen molar-refractivity contribution < 1.29 is 13.9 Å². The van der Waals surface area contributed by atoms with E-state index in [-0.39, 0.29) is 10.2 Å². The zero-order valence-electron chi connectivity index (χ0n) is 7.12. The van der Waals surface area contributed by atoms with Crippen LogP contribution in [0.15, 0.2) is 22.9 Å². The van der Waals surface area contributed by atoms with E-state index in [2.05, 4.69) is 20.9 Å². The van der Waals surface area contributed by atoms with Gasteiger partial charge in [-0.15, -0.1) is 0 Å². The fourth-order valence-electron chi connectivity index (χ4n) is 0.956. The van der Waals surface area contributed by atoms with Crippen LogP contribution in [-0.2, 0) is 0 Å². The Morgan fingerprint density at radius 3 is 2.79 bits per heavy atom. The smallest absolute Gasteiger partial charge is 0.289 e. The van der Waals surface area contributed by atoms with Gasteiger partial charge in [0.1, 0.15) is 11.2 Å². The third-order valence-corrected chi connectivity index (χ3v) is 2.45. The van der Waals surface area contributed by atoms with Gasteiger partial charge in [0.2, 0.25) is 0 Å². The largest absolute Gasteiger partial charge is 0.390 e. The maximum Gasteiger partial charge on any atom is 0.289 e. The Labute approximate surface area is 88.1 Å². The first-order chi connectivity index (χ1) is 6.49. The Hall–Kier alpha value is -0.590. The Morgan fingerprint density at radius 1 is 1.64 bits per heavy atom. The number of hydrogen-bond donors (Lipinski definition) is 2. The second-order valence-corrected chi connectivity index (χ2v) is 3.53.